The molecule has 0 bridgehead atoms. The summed E-state index contributed by atoms with van der Waals surface area (Å²) in [6.45, 7) is 2.62. The SMILES string of the molecule is CNCc1cc(C2CCOCC2)ccc1OC. The predicted octanol–water partition coefficient (Wildman–Crippen LogP) is 2.31. The van der Waals surface area contributed by atoms with E-state index in [2.05, 4.69) is 23.5 Å². The zero-order chi connectivity index (χ0) is 12.1. The van der Waals surface area contributed by atoms with Crippen LogP contribution in [0.15, 0.2) is 18.2 Å². The van der Waals surface area contributed by atoms with Crippen molar-refractivity contribution < 1.29 is 9.47 Å². The summed E-state index contributed by atoms with van der Waals surface area (Å²) in [6.07, 6.45) is 2.26. The Morgan fingerprint density at radius 3 is 2.76 bits per heavy atom. The highest BCUT2D eigenvalue weighted by Crippen LogP contribution is 2.30. The molecule has 0 aromatic heterocycles. The first kappa shape index (κ1) is 12.4. The molecule has 94 valence electrons. The van der Waals surface area contributed by atoms with Crippen molar-refractivity contribution in [3.8, 4) is 5.75 Å². The third-order valence-electron chi connectivity index (χ3n) is 3.36. The maximum atomic E-state index is 5.41. The highest BCUT2D eigenvalue weighted by molar-refractivity contribution is 5.38. The van der Waals surface area contributed by atoms with Crippen LogP contribution >= 0.6 is 0 Å². The average Bonchev–Trinajstić information content (AvgIpc) is 2.40. The van der Waals surface area contributed by atoms with Gasteiger partial charge in [-0.2, -0.15) is 0 Å². The van der Waals surface area contributed by atoms with E-state index in [-0.39, 0.29) is 0 Å². The van der Waals surface area contributed by atoms with Gasteiger partial charge < -0.3 is 14.8 Å². The van der Waals surface area contributed by atoms with Crippen LogP contribution in [0.25, 0.3) is 0 Å². The van der Waals surface area contributed by atoms with Crippen LogP contribution < -0.4 is 10.1 Å². The average molecular weight is 235 g/mol. The minimum absolute atomic E-state index is 0.644. The van der Waals surface area contributed by atoms with E-state index in [0.717, 1.165) is 38.3 Å². The van der Waals surface area contributed by atoms with Gasteiger partial charge in [-0.3, -0.25) is 0 Å². The van der Waals surface area contributed by atoms with E-state index in [1.54, 1.807) is 7.11 Å². The van der Waals surface area contributed by atoms with E-state index in [0.29, 0.717) is 5.92 Å². The standard InChI is InChI=1S/C14H21NO2/c1-15-10-13-9-12(3-4-14(13)16-2)11-5-7-17-8-6-11/h3-4,9,11,15H,5-8,10H2,1-2H3. The molecule has 0 unspecified atom stereocenters. The summed E-state index contributed by atoms with van der Waals surface area (Å²) in [4.78, 5) is 0. The number of hydrogen-bond donors (Lipinski definition) is 1. The maximum Gasteiger partial charge on any atom is 0.123 e. The van der Waals surface area contributed by atoms with E-state index in [1.807, 2.05) is 7.05 Å². The van der Waals surface area contributed by atoms with Gasteiger partial charge in [0.25, 0.3) is 0 Å². The van der Waals surface area contributed by atoms with Crippen LogP contribution in [0.1, 0.15) is 29.9 Å². The fourth-order valence-corrected chi connectivity index (χ4v) is 2.41. The second-order valence-electron chi connectivity index (χ2n) is 4.49. The van der Waals surface area contributed by atoms with Crippen molar-refractivity contribution in [3.05, 3.63) is 29.3 Å². The van der Waals surface area contributed by atoms with Crippen LogP contribution in [0.2, 0.25) is 0 Å². The van der Waals surface area contributed by atoms with Crippen LogP contribution in [0.5, 0.6) is 5.75 Å². The molecule has 1 aromatic carbocycles. The summed E-state index contributed by atoms with van der Waals surface area (Å²) >= 11 is 0. The van der Waals surface area contributed by atoms with Crippen molar-refractivity contribution in [1.29, 1.82) is 0 Å². The van der Waals surface area contributed by atoms with Gasteiger partial charge in [0.05, 0.1) is 7.11 Å². The maximum absolute atomic E-state index is 5.41. The zero-order valence-electron chi connectivity index (χ0n) is 10.7. The van der Waals surface area contributed by atoms with Crippen molar-refractivity contribution in [1.82, 2.24) is 5.32 Å². The third kappa shape index (κ3) is 2.99. The predicted molar refractivity (Wildman–Crippen MR) is 68.6 cm³/mol. The van der Waals surface area contributed by atoms with E-state index >= 15 is 0 Å². The van der Waals surface area contributed by atoms with Crippen LogP contribution in [-0.2, 0) is 11.3 Å². The molecule has 1 aliphatic heterocycles. The second-order valence-corrected chi connectivity index (χ2v) is 4.49. The summed E-state index contributed by atoms with van der Waals surface area (Å²) in [7, 11) is 3.68. The van der Waals surface area contributed by atoms with Crippen LogP contribution in [0, 0.1) is 0 Å². The summed E-state index contributed by atoms with van der Waals surface area (Å²) in [5, 5.41) is 3.18. The van der Waals surface area contributed by atoms with E-state index in [1.165, 1.54) is 11.1 Å². The molecule has 1 aromatic rings. The lowest BCUT2D eigenvalue weighted by Crippen LogP contribution is -2.15. The van der Waals surface area contributed by atoms with Gasteiger partial charge in [-0.05, 0) is 37.4 Å². The lowest BCUT2D eigenvalue weighted by molar-refractivity contribution is 0.0853. The largest absolute Gasteiger partial charge is 0.496 e. The number of benzene rings is 1. The third-order valence-corrected chi connectivity index (χ3v) is 3.36. The summed E-state index contributed by atoms with van der Waals surface area (Å²) in [6, 6.07) is 6.54. The van der Waals surface area contributed by atoms with Crippen LogP contribution in [0.3, 0.4) is 0 Å². The molecule has 0 amide bonds. The molecule has 0 atom stereocenters. The molecule has 1 fully saturated rings. The molecule has 0 radical (unpaired) electrons. The molecule has 0 aliphatic carbocycles. The van der Waals surface area contributed by atoms with Gasteiger partial charge in [0.2, 0.25) is 0 Å². The summed E-state index contributed by atoms with van der Waals surface area (Å²) < 4.78 is 10.8. The molecular weight excluding hydrogens is 214 g/mol. The zero-order valence-corrected chi connectivity index (χ0v) is 10.7. The molecule has 17 heavy (non-hydrogen) atoms. The topological polar surface area (TPSA) is 30.5 Å². The molecular formula is C14H21NO2. The number of rotatable bonds is 4. The van der Waals surface area contributed by atoms with Gasteiger partial charge in [0.15, 0.2) is 0 Å². The Bertz CT molecular complexity index is 359. The Labute approximate surface area is 103 Å². The van der Waals surface area contributed by atoms with Gasteiger partial charge in [-0.15, -0.1) is 0 Å². The Morgan fingerprint density at radius 1 is 1.35 bits per heavy atom. The summed E-state index contributed by atoms with van der Waals surface area (Å²) in [5.41, 5.74) is 2.65. The molecule has 1 N–H and O–H groups in total. The Hall–Kier alpha value is -1.06. The second kappa shape index (κ2) is 6.03. The van der Waals surface area contributed by atoms with Crippen molar-refractivity contribution in [2.24, 2.45) is 0 Å². The number of ether oxygens (including phenoxy) is 2. The van der Waals surface area contributed by atoms with Gasteiger partial charge in [0, 0.05) is 25.3 Å². The molecule has 1 saturated heterocycles. The number of hydrogen-bond acceptors (Lipinski definition) is 3. The Kier molecular flexibility index (Phi) is 4.40. The van der Waals surface area contributed by atoms with Gasteiger partial charge in [-0.1, -0.05) is 12.1 Å². The molecule has 0 saturated carbocycles. The highest BCUT2D eigenvalue weighted by atomic mass is 16.5. The number of methoxy groups -OCH3 is 1. The first-order valence-electron chi connectivity index (χ1n) is 6.24. The Morgan fingerprint density at radius 2 is 2.12 bits per heavy atom. The van der Waals surface area contributed by atoms with Gasteiger partial charge in [0.1, 0.15) is 5.75 Å². The lowest BCUT2D eigenvalue weighted by Gasteiger charge is -2.23. The van der Waals surface area contributed by atoms with Gasteiger partial charge >= 0.3 is 0 Å². The fraction of sp³-hybridized carbons (Fsp3) is 0.571. The molecule has 3 nitrogen and oxygen atoms in total. The highest BCUT2D eigenvalue weighted by Gasteiger charge is 2.17. The Balaban J connectivity index is 2.19. The van der Waals surface area contributed by atoms with E-state index in [9.17, 15) is 0 Å². The number of nitrogens with one attached hydrogen (secondary N) is 1. The van der Waals surface area contributed by atoms with Crippen molar-refractivity contribution >= 4 is 0 Å². The molecule has 1 aliphatic rings. The van der Waals surface area contributed by atoms with Crippen molar-refractivity contribution in [2.75, 3.05) is 27.4 Å². The summed E-state index contributed by atoms with van der Waals surface area (Å²) in [5.74, 6) is 1.61. The monoisotopic (exact) mass is 235 g/mol. The van der Waals surface area contributed by atoms with Crippen molar-refractivity contribution in [3.63, 3.8) is 0 Å². The van der Waals surface area contributed by atoms with E-state index in [4.69, 9.17) is 9.47 Å². The fourth-order valence-electron chi connectivity index (χ4n) is 2.41. The van der Waals surface area contributed by atoms with E-state index < -0.39 is 0 Å². The quantitative estimate of drug-likeness (QED) is 0.868. The minimum atomic E-state index is 0.644. The molecule has 2 rings (SSSR count). The van der Waals surface area contributed by atoms with Gasteiger partial charge in [-0.25, -0.2) is 0 Å². The minimum Gasteiger partial charge on any atom is -0.496 e. The first-order chi connectivity index (χ1) is 8.35. The lowest BCUT2D eigenvalue weighted by atomic mass is 9.90. The normalized spacial score (nSPS) is 17.1. The van der Waals surface area contributed by atoms with Crippen LogP contribution in [-0.4, -0.2) is 27.4 Å². The molecule has 1 heterocycles. The van der Waals surface area contributed by atoms with Crippen LogP contribution in [0.4, 0.5) is 0 Å². The molecule has 0 spiro atoms. The smallest absolute Gasteiger partial charge is 0.123 e. The van der Waals surface area contributed by atoms with Crippen molar-refractivity contribution in [2.45, 2.75) is 25.3 Å². The molecule has 3 heteroatoms. The first-order valence-corrected chi connectivity index (χ1v) is 6.24.